The van der Waals surface area contributed by atoms with Crippen molar-refractivity contribution in [2.45, 2.75) is 6.10 Å². The third-order valence-electron chi connectivity index (χ3n) is 3.44. The number of H-pyrrole nitrogens is 1. The maximum Gasteiger partial charge on any atom is 0.256 e. The number of fused-ring (bicyclic) bond motifs is 1. The Bertz CT molecular complexity index is 744. The van der Waals surface area contributed by atoms with Crippen LogP contribution < -0.4 is 9.47 Å². The number of rotatable bonds is 3. The van der Waals surface area contributed by atoms with Gasteiger partial charge in [0.1, 0.15) is 11.2 Å². The van der Waals surface area contributed by atoms with Crippen LogP contribution in [0.3, 0.4) is 0 Å². The minimum absolute atomic E-state index is 0.135. The molecule has 0 spiro atoms. The number of nitrogens with one attached hydrogen (secondary N) is 1. The minimum atomic E-state index is -0.204. The van der Waals surface area contributed by atoms with Crippen LogP contribution in [-0.4, -0.2) is 42.1 Å². The van der Waals surface area contributed by atoms with E-state index in [0.717, 1.165) is 5.75 Å². The smallest absolute Gasteiger partial charge is 0.256 e. The fourth-order valence-corrected chi connectivity index (χ4v) is 2.56. The van der Waals surface area contributed by atoms with Crippen LogP contribution in [0.2, 0.25) is 0 Å². The highest BCUT2D eigenvalue weighted by molar-refractivity contribution is 7.71. The maximum atomic E-state index is 12.4. The van der Waals surface area contributed by atoms with Gasteiger partial charge in [-0.1, -0.05) is 24.4 Å². The van der Waals surface area contributed by atoms with Crippen LogP contribution in [-0.2, 0) is 0 Å². The fraction of sp³-hybridized carbons (Fsp3) is 0.250. The number of hydrogen-bond acceptors (Lipinski definition) is 4. The zero-order valence-corrected chi connectivity index (χ0v) is 12.9. The maximum absolute atomic E-state index is 12.4. The molecule has 1 aliphatic heterocycles. The second kappa shape index (κ2) is 6.19. The van der Waals surface area contributed by atoms with E-state index in [-0.39, 0.29) is 12.0 Å². The lowest BCUT2D eigenvalue weighted by molar-refractivity contribution is 0.0520. The molecular weight excluding hydrogens is 300 g/mol. The summed E-state index contributed by atoms with van der Waals surface area (Å²) in [5.74, 6) is 1.30. The molecule has 0 radical (unpaired) electrons. The average molecular weight is 316 g/mol. The van der Waals surface area contributed by atoms with E-state index in [0.29, 0.717) is 29.1 Å². The van der Waals surface area contributed by atoms with Gasteiger partial charge in [-0.05, 0) is 24.3 Å². The number of aromatic nitrogens is 1. The van der Waals surface area contributed by atoms with E-state index in [4.69, 9.17) is 21.7 Å². The van der Waals surface area contributed by atoms with Crippen molar-refractivity contribution in [1.29, 1.82) is 0 Å². The molecular formula is C16H16N2O3S. The zero-order valence-electron chi connectivity index (χ0n) is 12.1. The van der Waals surface area contributed by atoms with Gasteiger partial charge in [-0.15, -0.1) is 0 Å². The largest absolute Gasteiger partial charge is 0.486 e. The Kier molecular flexibility index (Phi) is 4.11. The molecule has 3 rings (SSSR count). The Morgan fingerprint density at radius 3 is 2.86 bits per heavy atom. The van der Waals surface area contributed by atoms with Crippen molar-refractivity contribution in [2.24, 2.45) is 0 Å². The lowest BCUT2D eigenvalue weighted by Crippen LogP contribution is -2.41. The van der Waals surface area contributed by atoms with Gasteiger partial charge in [0.15, 0.2) is 17.6 Å². The van der Waals surface area contributed by atoms with Gasteiger partial charge in [-0.25, -0.2) is 0 Å². The molecule has 1 atom stereocenters. The van der Waals surface area contributed by atoms with Gasteiger partial charge >= 0.3 is 0 Å². The number of hydrogen-bond donors (Lipinski definition) is 1. The van der Waals surface area contributed by atoms with Crippen molar-refractivity contribution in [1.82, 2.24) is 9.88 Å². The first-order valence-electron chi connectivity index (χ1n) is 6.97. The number of likely N-dealkylation sites (N-methyl/N-ethyl adjacent to an activating group) is 1. The summed E-state index contributed by atoms with van der Waals surface area (Å²) >= 11 is 5.14. The van der Waals surface area contributed by atoms with E-state index < -0.39 is 0 Å². The Labute approximate surface area is 133 Å². The van der Waals surface area contributed by atoms with Crippen molar-refractivity contribution < 1.29 is 14.3 Å². The van der Waals surface area contributed by atoms with E-state index in [1.54, 1.807) is 30.3 Å². The molecule has 22 heavy (non-hydrogen) atoms. The number of pyridine rings is 1. The number of ether oxygens (including phenoxy) is 2. The van der Waals surface area contributed by atoms with Crippen LogP contribution in [0.1, 0.15) is 10.4 Å². The lowest BCUT2D eigenvalue weighted by Gasteiger charge is -2.29. The molecule has 1 aliphatic rings. The van der Waals surface area contributed by atoms with Crippen LogP contribution in [0.25, 0.3) is 0 Å². The summed E-state index contributed by atoms with van der Waals surface area (Å²) in [5, 5.41) is 0. The Morgan fingerprint density at radius 2 is 2.09 bits per heavy atom. The first-order chi connectivity index (χ1) is 10.6. The standard InChI is InChI=1S/C16H16N2O3S/c1-18(16(19)12-5-4-8-17-15(12)22)9-11-10-20-13-6-2-3-7-14(13)21-11/h2-8,11H,9-10H2,1H3,(H,17,22). The lowest BCUT2D eigenvalue weighted by atomic mass is 10.2. The summed E-state index contributed by atoms with van der Waals surface area (Å²) in [5.41, 5.74) is 0.483. The summed E-state index contributed by atoms with van der Waals surface area (Å²) < 4.78 is 12.0. The summed E-state index contributed by atoms with van der Waals surface area (Å²) in [6.07, 6.45) is 1.50. The normalized spacial score (nSPS) is 16.1. The molecule has 1 aromatic heterocycles. The highest BCUT2D eigenvalue weighted by Crippen LogP contribution is 2.31. The van der Waals surface area contributed by atoms with Crippen LogP contribution >= 0.6 is 12.2 Å². The van der Waals surface area contributed by atoms with Gasteiger partial charge in [0.05, 0.1) is 12.1 Å². The van der Waals surface area contributed by atoms with Gasteiger partial charge in [0.2, 0.25) is 0 Å². The number of aromatic amines is 1. The number of carbonyl (C=O) groups is 1. The summed E-state index contributed by atoms with van der Waals surface area (Å²) in [6, 6.07) is 11.0. The first kappa shape index (κ1) is 14.6. The fourth-order valence-electron chi connectivity index (χ4n) is 2.34. The van der Waals surface area contributed by atoms with Crippen molar-refractivity contribution in [3.63, 3.8) is 0 Å². The van der Waals surface area contributed by atoms with Crippen LogP contribution in [0, 0.1) is 4.64 Å². The topological polar surface area (TPSA) is 54.6 Å². The van der Waals surface area contributed by atoms with E-state index in [9.17, 15) is 4.79 Å². The van der Waals surface area contributed by atoms with Gasteiger partial charge in [-0.2, -0.15) is 0 Å². The Morgan fingerprint density at radius 1 is 1.32 bits per heavy atom. The monoisotopic (exact) mass is 316 g/mol. The minimum Gasteiger partial charge on any atom is -0.486 e. The van der Waals surface area contributed by atoms with E-state index >= 15 is 0 Å². The molecule has 1 aromatic carbocycles. The van der Waals surface area contributed by atoms with Crippen molar-refractivity contribution in [3.05, 3.63) is 52.8 Å². The Hall–Kier alpha value is -2.34. The molecule has 1 amide bonds. The number of benzene rings is 1. The van der Waals surface area contributed by atoms with Gasteiger partial charge < -0.3 is 19.4 Å². The first-order valence-corrected chi connectivity index (χ1v) is 7.37. The van der Waals surface area contributed by atoms with Crippen LogP contribution in [0.5, 0.6) is 11.5 Å². The predicted molar refractivity (Wildman–Crippen MR) is 84.9 cm³/mol. The van der Waals surface area contributed by atoms with Gasteiger partial charge in [0.25, 0.3) is 5.91 Å². The predicted octanol–water partition coefficient (Wildman–Crippen LogP) is 2.66. The molecule has 1 unspecified atom stereocenters. The van der Waals surface area contributed by atoms with E-state index in [1.165, 1.54) is 0 Å². The number of para-hydroxylation sites is 2. The van der Waals surface area contributed by atoms with Crippen LogP contribution in [0.15, 0.2) is 42.6 Å². The highest BCUT2D eigenvalue weighted by Gasteiger charge is 2.24. The van der Waals surface area contributed by atoms with Gasteiger partial charge in [0, 0.05) is 13.2 Å². The molecule has 0 saturated carbocycles. The molecule has 0 aliphatic carbocycles. The molecule has 0 bridgehead atoms. The van der Waals surface area contributed by atoms with Crippen molar-refractivity contribution in [3.8, 4) is 11.5 Å². The molecule has 1 N–H and O–H groups in total. The average Bonchev–Trinajstić information content (AvgIpc) is 2.54. The van der Waals surface area contributed by atoms with Crippen LogP contribution in [0.4, 0.5) is 0 Å². The molecule has 0 saturated heterocycles. The highest BCUT2D eigenvalue weighted by atomic mass is 32.1. The second-order valence-corrected chi connectivity index (χ2v) is 5.50. The third kappa shape index (κ3) is 2.96. The molecule has 0 fully saturated rings. The number of nitrogens with zero attached hydrogens (tertiary/aromatic N) is 1. The zero-order chi connectivity index (χ0) is 15.5. The van der Waals surface area contributed by atoms with Gasteiger partial charge in [-0.3, -0.25) is 4.79 Å². The summed E-state index contributed by atoms with van der Waals surface area (Å²) in [6.45, 7) is 0.840. The summed E-state index contributed by atoms with van der Waals surface area (Å²) in [7, 11) is 1.73. The summed E-state index contributed by atoms with van der Waals surface area (Å²) in [4.78, 5) is 16.9. The second-order valence-electron chi connectivity index (χ2n) is 5.10. The quantitative estimate of drug-likeness (QED) is 0.885. The number of amides is 1. The van der Waals surface area contributed by atoms with E-state index in [1.807, 2.05) is 24.3 Å². The third-order valence-corrected chi connectivity index (χ3v) is 3.78. The molecule has 2 heterocycles. The molecule has 2 aromatic rings. The SMILES string of the molecule is CN(CC1COc2ccccc2O1)C(=O)c1ccc[nH]c1=S. The number of carbonyl (C=O) groups excluding carboxylic acids is 1. The molecule has 6 heteroatoms. The van der Waals surface area contributed by atoms with E-state index in [2.05, 4.69) is 4.98 Å². The molecule has 5 nitrogen and oxygen atoms in total. The van der Waals surface area contributed by atoms with Crippen molar-refractivity contribution in [2.75, 3.05) is 20.2 Å². The molecule has 114 valence electrons. The van der Waals surface area contributed by atoms with Crippen molar-refractivity contribution >= 4 is 18.1 Å². The Balaban J connectivity index is 1.68.